The van der Waals surface area contributed by atoms with E-state index >= 15 is 0 Å². The highest BCUT2D eigenvalue weighted by atomic mass is 32.2. The Balaban J connectivity index is 1.78. The van der Waals surface area contributed by atoms with Gasteiger partial charge in [-0.2, -0.15) is 0 Å². The van der Waals surface area contributed by atoms with Crippen LogP contribution in [0.15, 0.2) is 82.7 Å². The molecule has 3 aromatic carbocycles. The summed E-state index contributed by atoms with van der Waals surface area (Å²) in [5.41, 5.74) is 3.27. The number of aromatic nitrogens is 2. The number of benzene rings is 3. The second-order valence-corrected chi connectivity index (χ2v) is 7.73. The predicted molar refractivity (Wildman–Crippen MR) is 119 cm³/mol. The van der Waals surface area contributed by atoms with Crippen LogP contribution in [-0.2, 0) is 12.2 Å². The van der Waals surface area contributed by atoms with Crippen LogP contribution >= 0.6 is 11.8 Å². The molecule has 0 spiro atoms. The van der Waals surface area contributed by atoms with E-state index in [-0.39, 0.29) is 11.2 Å². The highest BCUT2D eigenvalue weighted by Crippen LogP contribution is 2.26. The van der Waals surface area contributed by atoms with Crippen LogP contribution in [0.4, 0.5) is 5.69 Å². The summed E-state index contributed by atoms with van der Waals surface area (Å²) in [4.78, 5) is 28.6. The second kappa shape index (κ2) is 8.51. The predicted octanol–water partition coefficient (Wildman–Crippen LogP) is 5.15. The normalized spacial score (nSPS) is 11.0. The molecule has 0 saturated heterocycles. The van der Waals surface area contributed by atoms with Crippen molar-refractivity contribution in [1.82, 2.24) is 9.55 Å². The lowest BCUT2D eigenvalue weighted by Crippen LogP contribution is -2.21. The van der Waals surface area contributed by atoms with Crippen LogP contribution in [0.5, 0.6) is 0 Å². The molecule has 0 radical (unpaired) electrons. The lowest BCUT2D eigenvalue weighted by molar-refractivity contribution is -0.384. The van der Waals surface area contributed by atoms with Crippen molar-refractivity contribution in [3.05, 3.63) is 104 Å². The average Bonchev–Trinajstić information content (AvgIpc) is 2.78. The molecule has 4 rings (SSSR count). The quantitative estimate of drug-likeness (QED) is 0.188. The Labute approximate surface area is 177 Å². The molecule has 7 heteroatoms. The first-order chi connectivity index (χ1) is 14.6. The number of nitrogens with zero attached hydrogens (tertiary/aromatic N) is 3. The number of hydrogen-bond donors (Lipinski definition) is 0. The van der Waals surface area contributed by atoms with Gasteiger partial charge >= 0.3 is 0 Å². The maximum Gasteiger partial charge on any atom is 0.269 e. The summed E-state index contributed by atoms with van der Waals surface area (Å²) in [6, 6.07) is 21.6. The van der Waals surface area contributed by atoms with E-state index < -0.39 is 4.92 Å². The molecule has 0 N–H and O–H groups in total. The average molecular weight is 417 g/mol. The first kappa shape index (κ1) is 19.8. The fourth-order valence-electron chi connectivity index (χ4n) is 3.23. The second-order valence-electron chi connectivity index (χ2n) is 6.79. The number of hydrogen-bond acceptors (Lipinski definition) is 5. The zero-order valence-corrected chi connectivity index (χ0v) is 17.1. The van der Waals surface area contributed by atoms with Gasteiger partial charge in [0.2, 0.25) is 0 Å². The minimum Gasteiger partial charge on any atom is -0.268 e. The number of nitro groups is 1. The van der Waals surface area contributed by atoms with Crippen molar-refractivity contribution in [1.29, 1.82) is 0 Å². The molecule has 0 bridgehead atoms. The van der Waals surface area contributed by atoms with Crippen molar-refractivity contribution in [2.45, 2.75) is 24.3 Å². The first-order valence-corrected chi connectivity index (χ1v) is 10.5. The molecule has 150 valence electrons. The van der Waals surface area contributed by atoms with Crippen LogP contribution in [0.1, 0.15) is 18.1 Å². The van der Waals surface area contributed by atoms with Crippen LogP contribution < -0.4 is 5.56 Å². The summed E-state index contributed by atoms with van der Waals surface area (Å²) in [6.07, 6.45) is 0.916. The minimum absolute atomic E-state index is 0.0483. The number of para-hydroxylation sites is 1. The first-order valence-electron chi connectivity index (χ1n) is 9.54. The van der Waals surface area contributed by atoms with Crippen LogP contribution in [0.3, 0.4) is 0 Å². The Morgan fingerprint density at radius 1 is 1.00 bits per heavy atom. The molecule has 0 aliphatic heterocycles. The molecule has 30 heavy (non-hydrogen) atoms. The van der Waals surface area contributed by atoms with Gasteiger partial charge in [-0.15, -0.1) is 0 Å². The molecule has 1 aromatic heterocycles. The largest absolute Gasteiger partial charge is 0.269 e. The summed E-state index contributed by atoms with van der Waals surface area (Å²) in [5.74, 6) is 0.458. The maximum atomic E-state index is 13.3. The van der Waals surface area contributed by atoms with Gasteiger partial charge in [0.05, 0.1) is 21.5 Å². The molecule has 0 fully saturated rings. The van der Waals surface area contributed by atoms with E-state index in [0.29, 0.717) is 21.8 Å². The fraction of sp³-hybridized carbons (Fsp3) is 0.130. The van der Waals surface area contributed by atoms with Gasteiger partial charge in [0.25, 0.3) is 11.2 Å². The van der Waals surface area contributed by atoms with Gasteiger partial charge in [-0.25, -0.2) is 4.98 Å². The summed E-state index contributed by atoms with van der Waals surface area (Å²) in [5, 5.41) is 12.2. The Morgan fingerprint density at radius 3 is 2.50 bits per heavy atom. The molecule has 0 amide bonds. The summed E-state index contributed by atoms with van der Waals surface area (Å²) in [6.45, 7) is 2.08. The smallest absolute Gasteiger partial charge is 0.268 e. The Kier molecular flexibility index (Phi) is 5.63. The van der Waals surface area contributed by atoms with Crippen molar-refractivity contribution in [3.63, 3.8) is 0 Å². The number of non-ortho nitro benzene ring substituents is 1. The van der Waals surface area contributed by atoms with Crippen LogP contribution in [0, 0.1) is 10.1 Å². The fourth-order valence-corrected chi connectivity index (χ4v) is 4.18. The number of thioether (sulfide) groups is 1. The van der Waals surface area contributed by atoms with Crippen LogP contribution in [0.25, 0.3) is 16.6 Å². The van der Waals surface area contributed by atoms with E-state index in [0.717, 1.165) is 17.7 Å². The van der Waals surface area contributed by atoms with Crippen molar-refractivity contribution in [3.8, 4) is 5.69 Å². The minimum atomic E-state index is -0.409. The molecule has 0 saturated carbocycles. The lowest BCUT2D eigenvalue weighted by Gasteiger charge is -2.13. The maximum absolute atomic E-state index is 13.3. The molecule has 0 atom stereocenters. The Bertz CT molecular complexity index is 1280. The molecule has 4 aromatic rings. The highest BCUT2D eigenvalue weighted by Gasteiger charge is 2.14. The summed E-state index contributed by atoms with van der Waals surface area (Å²) >= 11 is 1.38. The molecule has 0 aliphatic carbocycles. The van der Waals surface area contributed by atoms with Gasteiger partial charge in [-0.3, -0.25) is 19.5 Å². The van der Waals surface area contributed by atoms with Crippen molar-refractivity contribution in [2.75, 3.05) is 0 Å². The summed E-state index contributed by atoms with van der Waals surface area (Å²) in [7, 11) is 0. The zero-order chi connectivity index (χ0) is 21.1. The van der Waals surface area contributed by atoms with Crippen LogP contribution in [-0.4, -0.2) is 14.5 Å². The molecule has 6 nitrogen and oxygen atoms in total. The van der Waals surface area contributed by atoms with Gasteiger partial charge in [0, 0.05) is 17.9 Å². The van der Waals surface area contributed by atoms with Crippen molar-refractivity contribution >= 4 is 28.4 Å². The molecule has 1 heterocycles. The standard InChI is InChI=1S/C23H19N3O3S/c1-2-16-10-12-18(13-11-16)25-22(27)20-8-3-4-9-21(20)24-23(25)30-15-17-6-5-7-19(14-17)26(28)29/h3-14H,2,15H2,1H3. The molecular formula is C23H19N3O3S. The lowest BCUT2D eigenvalue weighted by atomic mass is 10.1. The van der Waals surface area contributed by atoms with E-state index in [1.807, 2.05) is 48.5 Å². The third-order valence-corrected chi connectivity index (χ3v) is 5.85. The number of rotatable bonds is 6. The van der Waals surface area contributed by atoms with E-state index in [9.17, 15) is 14.9 Å². The van der Waals surface area contributed by atoms with Gasteiger partial charge < -0.3 is 0 Å². The topological polar surface area (TPSA) is 78.0 Å². The van der Waals surface area contributed by atoms with Crippen molar-refractivity contribution in [2.24, 2.45) is 0 Å². The third kappa shape index (κ3) is 3.97. The van der Waals surface area contributed by atoms with E-state index in [4.69, 9.17) is 4.98 Å². The molecular weight excluding hydrogens is 398 g/mol. The van der Waals surface area contributed by atoms with E-state index in [1.54, 1.807) is 22.8 Å². The number of fused-ring (bicyclic) bond motifs is 1. The van der Waals surface area contributed by atoms with Gasteiger partial charge in [0.15, 0.2) is 5.16 Å². The molecule has 0 unspecified atom stereocenters. The van der Waals surface area contributed by atoms with E-state index in [2.05, 4.69) is 6.92 Å². The van der Waals surface area contributed by atoms with Gasteiger partial charge in [-0.1, -0.05) is 55.1 Å². The van der Waals surface area contributed by atoms with Crippen molar-refractivity contribution < 1.29 is 4.92 Å². The Morgan fingerprint density at radius 2 is 1.77 bits per heavy atom. The van der Waals surface area contributed by atoms with Gasteiger partial charge in [0.1, 0.15) is 0 Å². The zero-order valence-electron chi connectivity index (χ0n) is 16.3. The number of nitro benzene ring substituents is 1. The number of aryl methyl sites for hydroxylation is 1. The summed E-state index contributed by atoms with van der Waals surface area (Å²) < 4.78 is 1.61. The SMILES string of the molecule is CCc1ccc(-n2c(SCc3cccc([N+](=O)[O-])c3)nc3ccccc3c2=O)cc1. The van der Waals surface area contributed by atoms with Gasteiger partial charge in [-0.05, 0) is 41.8 Å². The third-order valence-electron chi connectivity index (χ3n) is 4.84. The monoisotopic (exact) mass is 417 g/mol. The Hall–Kier alpha value is -3.45. The highest BCUT2D eigenvalue weighted by molar-refractivity contribution is 7.98. The van der Waals surface area contributed by atoms with E-state index in [1.165, 1.54) is 23.4 Å². The van der Waals surface area contributed by atoms with Crippen LogP contribution in [0.2, 0.25) is 0 Å². The molecule has 0 aliphatic rings.